The fourth-order valence-corrected chi connectivity index (χ4v) is 1.47. The predicted molar refractivity (Wildman–Crippen MR) is 59.7 cm³/mol. The van der Waals surface area contributed by atoms with E-state index in [0.717, 1.165) is 5.56 Å². The molecule has 16 heavy (non-hydrogen) atoms. The van der Waals surface area contributed by atoms with E-state index in [-0.39, 0.29) is 5.78 Å². The molecule has 0 fully saturated rings. The summed E-state index contributed by atoms with van der Waals surface area (Å²) in [5, 5.41) is 0. The molecule has 3 heteroatoms. The first-order chi connectivity index (χ1) is 7.75. The fourth-order valence-electron chi connectivity index (χ4n) is 1.47. The van der Waals surface area contributed by atoms with Gasteiger partial charge in [-0.15, -0.1) is 0 Å². The smallest absolute Gasteiger partial charge is 0.184 e. The Morgan fingerprint density at radius 2 is 2.06 bits per heavy atom. The summed E-state index contributed by atoms with van der Waals surface area (Å²) in [5.41, 5.74) is 1.09. The number of rotatable bonds is 3. The SMILES string of the molecule is C[C@H]1O[C@@H](OCc2ccccc2)C=CC1=O. The number of ether oxygens (including phenoxy) is 2. The Balaban J connectivity index is 1.88. The average Bonchev–Trinajstić information content (AvgIpc) is 2.32. The Morgan fingerprint density at radius 1 is 1.31 bits per heavy atom. The summed E-state index contributed by atoms with van der Waals surface area (Å²) < 4.78 is 10.9. The number of ketones is 1. The maximum absolute atomic E-state index is 11.1. The molecule has 0 aliphatic carbocycles. The van der Waals surface area contributed by atoms with Crippen LogP contribution >= 0.6 is 0 Å². The molecular formula is C13H14O3. The molecule has 1 aromatic rings. The van der Waals surface area contributed by atoms with Gasteiger partial charge in [0.15, 0.2) is 12.1 Å². The van der Waals surface area contributed by atoms with Gasteiger partial charge in [-0.1, -0.05) is 30.3 Å². The number of carbonyl (C=O) groups excluding carboxylic acids is 1. The molecule has 1 aromatic carbocycles. The summed E-state index contributed by atoms with van der Waals surface area (Å²) in [6.45, 7) is 2.21. The Labute approximate surface area is 94.7 Å². The van der Waals surface area contributed by atoms with Crippen LogP contribution in [0.4, 0.5) is 0 Å². The lowest BCUT2D eigenvalue weighted by atomic mass is 10.2. The van der Waals surface area contributed by atoms with Crippen molar-refractivity contribution in [2.45, 2.75) is 25.9 Å². The third-order valence-electron chi connectivity index (χ3n) is 2.41. The van der Waals surface area contributed by atoms with E-state index < -0.39 is 12.4 Å². The standard InChI is InChI=1S/C13H14O3/c1-10-12(14)7-8-13(16-10)15-9-11-5-3-2-4-6-11/h2-8,10,13H,9H2,1H3/t10-,13-/m1/s1. The van der Waals surface area contributed by atoms with Gasteiger partial charge in [-0.2, -0.15) is 0 Å². The minimum Gasteiger partial charge on any atom is -0.344 e. The quantitative estimate of drug-likeness (QED) is 0.779. The number of hydrogen-bond donors (Lipinski definition) is 0. The van der Waals surface area contributed by atoms with Gasteiger partial charge in [0.25, 0.3) is 0 Å². The summed E-state index contributed by atoms with van der Waals surface area (Å²) in [5.74, 6) is -0.0143. The molecule has 0 unspecified atom stereocenters. The van der Waals surface area contributed by atoms with Crippen LogP contribution in [0.15, 0.2) is 42.5 Å². The van der Waals surface area contributed by atoms with Gasteiger partial charge in [-0.3, -0.25) is 4.79 Å². The van der Waals surface area contributed by atoms with E-state index in [1.807, 2.05) is 30.3 Å². The van der Waals surface area contributed by atoms with Crippen molar-refractivity contribution in [2.24, 2.45) is 0 Å². The highest BCUT2D eigenvalue weighted by Gasteiger charge is 2.20. The minimum absolute atomic E-state index is 0.0143. The molecule has 0 amide bonds. The van der Waals surface area contributed by atoms with Crippen LogP contribution in [0.5, 0.6) is 0 Å². The van der Waals surface area contributed by atoms with Crippen LogP contribution in [0, 0.1) is 0 Å². The molecule has 0 saturated carbocycles. The Kier molecular flexibility index (Phi) is 3.49. The van der Waals surface area contributed by atoms with Gasteiger partial charge in [-0.25, -0.2) is 0 Å². The maximum atomic E-state index is 11.1. The normalized spacial score (nSPS) is 24.7. The molecule has 0 saturated heterocycles. The average molecular weight is 218 g/mol. The van der Waals surface area contributed by atoms with E-state index in [1.165, 1.54) is 6.08 Å². The van der Waals surface area contributed by atoms with Crippen LogP contribution in [0.2, 0.25) is 0 Å². The fraction of sp³-hybridized carbons (Fsp3) is 0.308. The molecule has 1 aliphatic heterocycles. The van der Waals surface area contributed by atoms with Gasteiger partial charge in [-0.05, 0) is 24.6 Å². The van der Waals surface area contributed by atoms with Crippen molar-refractivity contribution in [3.63, 3.8) is 0 Å². The highest BCUT2D eigenvalue weighted by molar-refractivity contribution is 5.93. The molecule has 84 valence electrons. The van der Waals surface area contributed by atoms with Crippen LogP contribution < -0.4 is 0 Å². The lowest BCUT2D eigenvalue weighted by molar-refractivity contribution is -0.163. The van der Waals surface area contributed by atoms with E-state index in [9.17, 15) is 4.79 Å². The molecule has 3 nitrogen and oxygen atoms in total. The molecule has 0 spiro atoms. The summed E-state index contributed by atoms with van der Waals surface area (Å²) in [7, 11) is 0. The van der Waals surface area contributed by atoms with Crippen LogP contribution in [0.1, 0.15) is 12.5 Å². The van der Waals surface area contributed by atoms with Gasteiger partial charge in [0.1, 0.15) is 6.10 Å². The molecule has 1 heterocycles. The summed E-state index contributed by atoms with van der Waals surface area (Å²) in [6, 6.07) is 9.86. The van der Waals surface area contributed by atoms with Crippen molar-refractivity contribution in [2.75, 3.05) is 0 Å². The van der Waals surface area contributed by atoms with Crippen LogP contribution in [-0.2, 0) is 20.9 Å². The molecule has 0 bridgehead atoms. The first kappa shape index (κ1) is 11.0. The van der Waals surface area contributed by atoms with Crippen LogP contribution in [-0.4, -0.2) is 18.2 Å². The highest BCUT2D eigenvalue weighted by Crippen LogP contribution is 2.12. The van der Waals surface area contributed by atoms with E-state index in [0.29, 0.717) is 6.61 Å². The summed E-state index contributed by atoms with van der Waals surface area (Å²) in [6.07, 6.45) is 2.33. The first-order valence-corrected chi connectivity index (χ1v) is 5.29. The molecule has 0 N–H and O–H groups in total. The van der Waals surface area contributed by atoms with E-state index in [4.69, 9.17) is 9.47 Å². The second-order valence-corrected chi connectivity index (χ2v) is 3.70. The van der Waals surface area contributed by atoms with E-state index in [2.05, 4.69) is 0 Å². The van der Waals surface area contributed by atoms with Crippen molar-refractivity contribution in [3.8, 4) is 0 Å². The van der Waals surface area contributed by atoms with Crippen molar-refractivity contribution >= 4 is 5.78 Å². The topological polar surface area (TPSA) is 35.5 Å². The predicted octanol–water partition coefficient (Wildman–Crippen LogP) is 2.07. The second kappa shape index (κ2) is 5.05. The molecular weight excluding hydrogens is 204 g/mol. The third kappa shape index (κ3) is 2.78. The Bertz CT molecular complexity index is 383. The Morgan fingerprint density at radius 3 is 2.75 bits per heavy atom. The van der Waals surface area contributed by atoms with Crippen molar-refractivity contribution in [3.05, 3.63) is 48.0 Å². The van der Waals surface area contributed by atoms with Crippen molar-refractivity contribution in [1.82, 2.24) is 0 Å². The molecule has 2 rings (SSSR count). The summed E-state index contributed by atoms with van der Waals surface area (Å²) in [4.78, 5) is 11.1. The lowest BCUT2D eigenvalue weighted by Gasteiger charge is -2.22. The van der Waals surface area contributed by atoms with Gasteiger partial charge in [0, 0.05) is 0 Å². The van der Waals surface area contributed by atoms with Gasteiger partial charge >= 0.3 is 0 Å². The monoisotopic (exact) mass is 218 g/mol. The van der Waals surface area contributed by atoms with Crippen molar-refractivity contribution < 1.29 is 14.3 Å². The zero-order valence-electron chi connectivity index (χ0n) is 9.13. The highest BCUT2D eigenvalue weighted by atomic mass is 16.7. The zero-order chi connectivity index (χ0) is 11.4. The minimum atomic E-state index is -0.423. The van der Waals surface area contributed by atoms with E-state index in [1.54, 1.807) is 13.0 Å². The van der Waals surface area contributed by atoms with Gasteiger partial charge in [0.05, 0.1) is 6.61 Å². The number of hydrogen-bond acceptors (Lipinski definition) is 3. The summed E-state index contributed by atoms with van der Waals surface area (Å²) >= 11 is 0. The molecule has 0 radical (unpaired) electrons. The number of carbonyl (C=O) groups is 1. The first-order valence-electron chi connectivity index (χ1n) is 5.29. The largest absolute Gasteiger partial charge is 0.344 e. The molecule has 0 aromatic heterocycles. The lowest BCUT2D eigenvalue weighted by Crippen LogP contribution is -2.30. The zero-order valence-corrected chi connectivity index (χ0v) is 9.13. The molecule has 1 aliphatic rings. The number of benzene rings is 1. The maximum Gasteiger partial charge on any atom is 0.184 e. The Hall–Kier alpha value is -1.45. The molecule has 2 atom stereocenters. The third-order valence-corrected chi connectivity index (χ3v) is 2.41. The van der Waals surface area contributed by atoms with Crippen LogP contribution in [0.25, 0.3) is 0 Å². The second-order valence-electron chi connectivity index (χ2n) is 3.70. The van der Waals surface area contributed by atoms with Crippen molar-refractivity contribution in [1.29, 1.82) is 0 Å². The van der Waals surface area contributed by atoms with Gasteiger partial charge < -0.3 is 9.47 Å². The van der Waals surface area contributed by atoms with Gasteiger partial charge in [0.2, 0.25) is 0 Å². The van der Waals surface area contributed by atoms with Crippen LogP contribution in [0.3, 0.4) is 0 Å². The van der Waals surface area contributed by atoms with E-state index >= 15 is 0 Å².